The number of nitrogens with two attached hydrogens (primary N) is 1. The first-order valence-electron chi connectivity index (χ1n) is 8.37. The first kappa shape index (κ1) is 16.5. The monoisotopic (exact) mass is 331 g/mol. The van der Waals surface area contributed by atoms with Crippen LogP contribution < -0.4 is 16.0 Å². The molecule has 2 aliphatic rings. The molecule has 2 atom stereocenters. The number of likely N-dealkylation sites (tertiary alicyclic amines) is 1. The Kier molecular flexibility index (Phi) is 4.34. The molecule has 0 radical (unpaired) electrons. The molecule has 24 heavy (non-hydrogen) atoms. The second-order valence-electron chi connectivity index (χ2n) is 7.07. The summed E-state index contributed by atoms with van der Waals surface area (Å²) in [5.74, 6) is 0.825. The summed E-state index contributed by atoms with van der Waals surface area (Å²) in [7, 11) is 3.87. The predicted molar refractivity (Wildman–Crippen MR) is 91.3 cm³/mol. The van der Waals surface area contributed by atoms with E-state index in [0.29, 0.717) is 19.6 Å². The van der Waals surface area contributed by atoms with Gasteiger partial charge in [-0.25, -0.2) is 9.78 Å². The van der Waals surface area contributed by atoms with Gasteiger partial charge in [0.25, 0.3) is 0 Å². The lowest BCUT2D eigenvalue weighted by atomic mass is 9.80. The number of carbonyl (C=O) groups excluding carboxylic acids is 2. The number of urea groups is 1. The fourth-order valence-electron chi connectivity index (χ4n) is 3.92. The zero-order valence-corrected chi connectivity index (χ0v) is 14.3. The first-order chi connectivity index (χ1) is 11.4. The van der Waals surface area contributed by atoms with Crippen LogP contribution in [-0.2, 0) is 11.3 Å². The second kappa shape index (κ2) is 6.30. The Balaban J connectivity index is 1.57. The quantitative estimate of drug-likeness (QED) is 0.859. The van der Waals surface area contributed by atoms with E-state index in [9.17, 15) is 9.59 Å². The highest BCUT2D eigenvalue weighted by molar-refractivity contribution is 5.84. The van der Waals surface area contributed by atoms with Gasteiger partial charge in [-0.1, -0.05) is 12.5 Å². The van der Waals surface area contributed by atoms with Crippen LogP contribution >= 0.6 is 0 Å². The van der Waals surface area contributed by atoms with Crippen LogP contribution in [0.3, 0.4) is 0 Å². The second-order valence-corrected chi connectivity index (χ2v) is 7.07. The Bertz CT molecular complexity index is 630. The van der Waals surface area contributed by atoms with Gasteiger partial charge < -0.3 is 20.9 Å². The van der Waals surface area contributed by atoms with E-state index in [-0.39, 0.29) is 17.9 Å². The Morgan fingerprint density at radius 3 is 2.83 bits per heavy atom. The summed E-state index contributed by atoms with van der Waals surface area (Å²) < 4.78 is 0. The number of aromatic nitrogens is 1. The number of rotatable bonds is 4. The number of fused-ring (bicyclic) bond motifs is 1. The van der Waals surface area contributed by atoms with Crippen molar-refractivity contribution in [2.45, 2.75) is 25.8 Å². The van der Waals surface area contributed by atoms with Crippen LogP contribution in [0.25, 0.3) is 0 Å². The highest BCUT2D eigenvalue weighted by Crippen LogP contribution is 2.48. The number of nitrogens with zero attached hydrogens (tertiary/aromatic N) is 3. The molecule has 1 saturated carbocycles. The van der Waals surface area contributed by atoms with Gasteiger partial charge in [0, 0.05) is 39.9 Å². The number of anilines is 1. The molecule has 1 saturated heterocycles. The fourth-order valence-corrected chi connectivity index (χ4v) is 3.92. The molecule has 0 bridgehead atoms. The molecule has 0 aromatic carbocycles. The summed E-state index contributed by atoms with van der Waals surface area (Å²) in [6.45, 7) is 1.48. The Labute approximate surface area is 142 Å². The molecule has 3 N–H and O–H groups in total. The lowest BCUT2D eigenvalue weighted by Gasteiger charge is -2.24. The Hall–Kier alpha value is -2.31. The van der Waals surface area contributed by atoms with Crippen LogP contribution in [-0.4, -0.2) is 49.0 Å². The number of pyridine rings is 1. The molecule has 0 spiro atoms. The highest BCUT2D eigenvalue weighted by Gasteiger charge is 2.54. The molecule has 130 valence electrons. The highest BCUT2D eigenvalue weighted by atomic mass is 16.2. The van der Waals surface area contributed by atoms with Gasteiger partial charge in [-0.05, 0) is 30.4 Å². The summed E-state index contributed by atoms with van der Waals surface area (Å²) in [6.07, 6.45) is 4.56. The van der Waals surface area contributed by atoms with Crippen molar-refractivity contribution in [3.8, 4) is 0 Å². The van der Waals surface area contributed by atoms with Crippen LogP contribution in [0.5, 0.6) is 0 Å². The lowest BCUT2D eigenvalue weighted by molar-refractivity contribution is -0.128. The van der Waals surface area contributed by atoms with Crippen molar-refractivity contribution in [1.82, 2.24) is 15.2 Å². The average molecular weight is 331 g/mol. The van der Waals surface area contributed by atoms with E-state index in [1.54, 1.807) is 11.1 Å². The van der Waals surface area contributed by atoms with E-state index in [1.165, 1.54) is 0 Å². The third-order valence-corrected chi connectivity index (χ3v) is 5.36. The van der Waals surface area contributed by atoms with E-state index in [2.05, 4.69) is 10.3 Å². The third-order valence-electron chi connectivity index (χ3n) is 5.36. The molecule has 1 aromatic heterocycles. The van der Waals surface area contributed by atoms with E-state index in [4.69, 9.17) is 5.73 Å². The van der Waals surface area contributed by atoms with Gasteiger partial charge >= 0.3 is 6.03 Å². The number of amides is 3. The molecule has 2 heterocycles. The molecular weight excluding hydrogens is 306 g/mol. The van der Waals surface area contributed by atoms with E-state index in [0.717, 1.165) is 30.6 Å². The van der Waals surface area contributed by atoms with Gasteiger partial charge in [-0.15, -0.1) is 0 Å². The summed E-state index contributed by atoms with van der Waals surface area (Å²) >= 11 is 0. The minimum atomic E-state index is -0.508. The van der Waals surface area contributed by atoms with Gasteiger partial charge in [-0.3, -0.25) is 4.79 Å². The summed E-state index contributed by atoms with van der Waals surface area (Å²) in [5.41, 5.74) is 6.06. The standard InChI is InChI=1S/C17H25N5O2/c1-21(2)14-6-5-12(8-19-14)9-20-16(24)22-10-13-4-3-7-17(13,11-22)15(18)23/h5-6,8,13H,3-4,7,9-11H2,1-2H3,(H2,18,23)(H,20,24)/t13-,17-/m0/s1. The molecule has 1 aromatic rings. The van der Waals surface area contributed by atoms with Crippen molar-refractivity contribution in [2.75, 3.05) is 32.1 Å². The van der Waals surface area contributed by atoms with Crippen molar-refractivity contribution in [3.05, 3.63) is 23.9 Å². The zero-order valence-electron chi connectivity index (χ0n) is 14.3. The lowest BCUT2D eigenvalue weighted by Crippen LogP contribution is -2.43. The van der Waals surface area contributed by atoms with Gasteiger partial charge in [0.2, 0.25) is 5.91 Å². The number of primary amides is 1. The van der Waals surface area contributed by atoms with Crippen molar-refractivity contribution in [1.29, 1.82) is 0 Å². The number of hydrogen-bond acceptors (Lipinski definition) is 4. The largest absolute Gasteiger partial charge is 0.369 e. The molecule has 3 amide bonds. The molecule has 2 fully saturated rings. The molecule has 1 aliphatic carbocycles. The van der Waals surface area contributed by atoms with Crippen molar-refractivity contribution in [3.63, 3.8) is 0 Å². The SMILES string of the molecule is CN(C)c1ccc(CNC(=O)N2C[C@@H]3CCC[C@]3(C(N)=O)C2)cn1. The first-order valence-corrected chi connectivity index (χ1v) is 8.37. The fraction of sp³-hybridized carbons (Fsp3) is 0.588. The van der Waals surface area contributed by atoms with Crippen LogP contribution in [0, 0.1) is 11.3 Å². The molecule has 7 nitrogen and oxygen atoms in total. The summed E-state index contributed by atoms with van der Waals surface area (Å²) in [6, 6.07) is 3.73. The van der Waals surface area contributed by atoms with Gasteiger partial charge in [0.1, 0.15) is 5.82 Å². The predicted octanol–water partition coefficient (Wildman–Crippen LogP) is 0.945. The number of carbonyl (C=O) groups is 2. The Morgan fingerprint density at radius 1 is 1.46 bits per heavy atom. The van der Waals surface area contributed by atoms with E-state index >= 15 is 0 Å². The topological polar surface area (TPSA) is 91.6 Å². The van der Waals surface area contributed by atoms with Gasteiger partial charge in [0.15, 0.2) is 0 Å². The minimum Gasteiger partial charge on any atom is -0.369 e. The van der Waals surface area contributed by atoms with Crippen LogP contribution in [0.1, 0.15) is 24.8 Å². The number of nitrogens with one attached hydrogen (secondary N) is 1. The molecule has 3 rings (SSSR count). The number of hydrogen-bond donors (Lipinski definition) is 2. The normalized spacial score (nSPS) is 25.4. The summed E-state index contributed by atoms with van der Waals surface area (Å²) in [5, 5.41) is 2.92. The Morgan fingerprint density at radius 2 is 2.25 bits per heavy atom. The van der Waals surface area contributed by atoms with Crippen molar-refractivity contribution >= 4 is 17.8 Å². The third kappa shape index (κ3) is 2.90. The molecule has 0 unspecified atom stereocenters. The van der Waals surface area contributed by atoms with Gasteiger partial charge in [0.05, 0.1) is 5.41 Å². The summed E-state index contributed by atoms with van der Waals surface area (Å²) in [4.78, 5) is 32.3. The molecular formula is C17H25N5O2. The average Bonchev–Trinajstić information content (AvgIpc) is 3.11. The zero-order chi connectivity index (χ0) is 17.3. The van der Waals surface area contributed by atoms with Gasteiger partial charge in [-0.2, -0.15) is 0 Å². The minimum absolute atomic E-state index is 0.137. The molecule has 7 heteroatoms. The maximum absolute atomic E-state index is 12.4. The van der Waals surface area contributed by atoms with E-state index in [1.807, 2.05) is 31.1 Å². The maximum Gasteiger partial charge on any atom is 0.317 e. The van der Waals surface area contributed by atoms with E-state index < -0.39 is 5.41 Å². The van der Waals surface area contributed by atoms with Crippen LogP contribution in [0.2, 0.25) is 0 Å². The van der Waals surface area contributed by atoms with Crippen LogP contribution in [0.4, 0.5) is 10.6 Å². The maximum atomic E-state index is 12.4. The smallest absolute Gasteiger partial charge is 0.317 e. The van der Waals surface area contributed by atoms with Crippen molar-refractivity contribution in [2.24, 2.45) is 17.1 Å². The van der Waals surface area contributed by atoms with Crippen molar-refractivity contribution < 1.29 is 9.59 Å². The van der Waals surface area contributed by atoms with Crippen LogP contribution in [0.15, 0.2) is 18.3 Å². The molecule has 1 aliphatic heterocycles.